The highest BCUT2D eigenvalue weighted by Crippen LogP contribution is 2.35. The Morgan fingerprint density at radius 1 is 0.950 bits per heavy atom. The van der Waals surface area contributed by atoms with Gasteiger partial charge in [-0.1, -0.05) is 66.8 Å². The van der Waals surface area contributed by atoms with Crippen molar-refractivity contribution in [3.8, 4) is 16.9 Å². The molecule has 0 radical (unpaired) electrons. The molecule has 0 fully saturated rings. The van der Waals surface area contributed by atoms with Gasteiger partial charge in [-0.05, 0) is 18.1 Å². The molecule has 1 atom stereocenters. The lowest BCUT2D eigenvalue weighted by Crippen LogP contribution is -2.17. The molecule has 2 heteroatoms. The van der Waals surface area contributed by atoms with Crippen LogP contribution in [0.2, 0.25) is 0 Å². The summed E-state index contributed by atoms with van der Waals surface area (Å²) in [7, 11) is 0. The van der Waals surface area contributed by atoms with Crippen LogP contribution in [0.5, 0.6) is 5.75 Å². The van der Waals surface area contributed by atoms with Crippen LogP contribution in [-0.2, 0) is 0 Å². The number of aromatic hydroxyl groups is 1. The molecule has 2 nitrogen and oxygen atoms in total. The van der Waals surface area contributed by atoms with Gasteiger partial charge in [-0.2, -0.15) is 0 Å². The molecule has 0 aliphatic heterocycles. The Hall–Kier alpha value is -2.48. The van der Waals surface area contributed by atoms with Gasteiger partial charge in [0.05, 0.1) is 5.69 Å². The Labute approximate surface area is 119 Å². The Morgan fingerprint density at radius 2 is 1.80 bits per heavy atom. The highest BCUT2D eigenvalue weighted by molar-refractivity contribution is 5.77. The standard InChI is InChI=1S/C18H17NO/c20-18-16(14-8-3-1-4-9-14)12-7-13-17(18)19-15-10-5-2-6-11-15/h1-10,12-13,15,19-20H,11H2. The fourth-order valence-electron chi connectivity index (χ4n) is 2.40. The summed E-state index contributed by atoms with van der Waals surface area (Å²) in [5.74, 6) is 0.307. The molecule has 0 amide bonds. The maximum Gasteiger partial charge on any atom is 0.146 e. The molecule has 2 N–H and O–H groups in total. The maximum atomic E-state index is 10.5. The van der Waals surface area contributed by atoms with E-state index >= 15 is 0 Å². The summed E-state index contributed by atoms with van der Waals surface area (Å²) in [4.78, 5) is 0. The molecule has 2 aromatic rings. The summed E-state index contributed by atoms with van der Waals surface area (Å²) in [6, 6.07) is 16.0. The quantitative estimate of drug-likeness (QED) is 0.807. The van der Waals surface area contributed by atoms with Crippen molar-refractivity contribution in [2.24, 2.45) is 0 Å². The molecule has 1 aliphatic carbocycles. The zero-order valence-corrected chi connectivity index (χ0v) is 11.2. The van der Waals surface area contributed by atoms with Gasteiger partial charge < -0.3 is 10.4 Å². The lowest BCUT2D eigenvalue weighted by molar-refractivity contribution is 0.478. The summed E-state index contributed by atoms with van der Waals surface area (Å²) in [6.07, 6.45) is 9.23. The van der Waals surface area contributed by atoms with Gasteiger partial charge in [-0.15, -0.1) is 0 Å². The molecular formula is C18H17NO. The molecular weight excluding hydrogens is 246 g/mol. The molecule has 0 bridgehead atoms. The number of allylic oxidation sites excluding steroid dienone is 2. The average molecular weight is 263 g/mol. The minimum atomic E-state index is 0.233. The number of anilines is 1. The van der Waals surface area contributed by atoms with Crippen LogP contribution in [0.1, 0.15) is 6.42 Å². The van der Waals surface area contributed by atoms with Crippen LogP contribution in [0.3, 0.4) is 0 Å². The maximum absolute atomic E-state index is 10.5. The number of phenols is 1. The number of hydrogen-bond acceptors (Lipinski definition) is 2. The molecule has 0 spiro atoms. The smallest absolute Gasteiger partial charge is 0.146 e. The Balaban J connectivity index is 1.90. The van der Waals surface area contributed by atoms with Crippen LogP contribution in [0.4, 0.5) is 5.69 Å². The zero-order valence-electron chi connectivity index (χ0n) is 11.2. The average Bonchev–Trinajstić information content (AvgIpc) is 2.51. The highest BCUT2D eigenvalue weighted by Gasteiger charge is 2.11. The van der Waals surface area contributed by atoms with Gasteiger partial charge in [0.1, 0.15) is 5.75 Å². The van der Waals surface area contributed by atoms with E-state index in [1.54, 1.807) is 0 Å². The van der Waals surface area contributed by atoms with Gasteiger partial charge in [0.25, 0.3) is 0 Å². The molecule has 0 saturated heterocycles. The fourth-order valence-corrected chi connectivity index (χ4v) is 2.40. The second-order valence-electron chi connectivity index (χ2n) is 4.87. The number of nitrogens with one attached hydrogen (secondary N) is 1. The molecule has 20 heavy (non-hydrogen) atoms. The predicted molar refractivity (Wildman–Crippen MR) is 83.9 cm³/mol. The predicted octanol–water partition coefficient (Wildman–Crippen LogP) is 4.36. The molecule has 2 aromatic carbocycles. The van der Waals surface area contributed by atoms with Crippen LogP contribution in [-0.4, -0.2) is 11.1 Å². The monoisotopic (exact) mass is 263 g/mol. The largest absolute Gasteiger partial charge is 0.505 e. The Bertz CT molecular complexity index is 644. The van der Waals surface area contributed by atoms with E-state index in [1.165, 1.54) is 0 Å². The lowest BCUT2D eigenvalue weighted by Gasteiger charge is -2.18. The van der Waals surface area contributed by atoms with Gasteiger partial charge >= 0.3 is 0 Å². The third-order valence-electron chi connectivity index (χ3n) is 3.44. The minimum Gasteiger partial charge on any atom is -0.505 e. The van der Waals surface area contributed by atoms with Crippen molar-refractivity contribution in [3.63, 3.8) is 0 Å². The number of rotatable bonds is 3. The summed E-state index contributed by atoms with van der Waals surface area (Å²) in [5, 5.41) is 13.8. The van der Waals surface area contributed by atoms with Crippen molar-refractivity contribution in [2.45, 2.75) is 12.5 Å². The number of para-hydroxylation sites is 1. The van der Waals surface area contributed by atoms with E-state index in [0.29, 0.717) is 5.75 Å². The van der Waals surface area contributed by atoms with Crippen molar-refractivity contribution in [3.05, 3.63) is 72.8 Å². The zero-order chi connectivity index (χ0) is 13.8. The van der Waals surface area contributed by atoms with E-state index in [4.69, 9.17) is 0 Å². The topological polar surface area (TPSA) is 32.3 Å². The number of phenolic OH excluding ortho intramolecular Hbond substituents is 1. The fraction of sp³-hybridized carbons (Fsp3) is 0.111. The molecule has 0 saturated carbocycles. The SMILES string of the molecule is Oc1c(NC2C=CC=CC2)cccc1-c1ccccc1. The van der Waals surface area contributed by atoms with Crippen molar-refractivity contribution < 1.29 is 5.11 Å². The van der Waals surface area contributed by atoms with Gasteiger partial charge in [-0.25, -0.2) is 0 Å². The first-order valence-electron chi connectivity index (χ1n) is 6.82. The first-order chi connectivity index (χ1) is 9.84. The van der Waals surface area contributed by atoms with Crippen molar-refractivity contribution >= 4 is 5.69 Å². The molecule has 0 aromatic heterocycles. The number of hydrogen-bond donors (Lipinski definition) is 2. The Kier molecular flexibility index (Phi) is 3.55. The van der Waals surface area contributed by atoms with E-state index in [2.05, 4.69) is 17.5 Å². The molecule has 0 heterocycles. The normalized spacial score (nSPS) is 17.1. The summed E-state index contributed by atoms with van der Waals surface area (Å²) >= 11 is 0. The summed E-state index contributed by atoms with van der Waals surface area (Å²) in [5.41, 5.74) is 2.65. The van der Waals surface area contributed by atoms with Gasteiger partial charge in [0.15, 0.2) is 0 Å². The first-order valence-corrected chi connectivity index (χ1v) is 6.82. The van der Waals surface area contributed by atoms with E-state index in [9.17, 15) is 5.11 Å². The van der Waals surface area contributed by atoms with Crippen molar-refractivity contribution in [1.82, 2.24) is 0 Å². The van der Waals surface area contributed by atoms with Crippen LogP contribution >= 0.6 is 0 Å². The summed E-state index contributed by atoms with van der Waals surface area (Å²) < 4.78 is 0. The van der Waals surface area contributed by atoms with Crippen molar-refractivity contribution in [1.29, 1.82) is 0 Å². The lowest BCUT2D eigenvalue weighted by atomic mass is 10.0. The van der Waals surface area contributed by atoms with Gasteiger partial charge in [0, 0.05) is 11.6 Å². The van der Waals surface area contributed by atoms with Crippen molar-refractivity contribution in [2.75, 3.05) is 5.32 Å². The van der Waals surface area contributed by atoms with Gasteiger partial charge in [0.2, 0.25) is 0 Å². The second-order valence-corrected chi connectivity index (χ2v) is 4.87. The minimum absolute atomic E-state index is 0.233. The third-order valence-corrected chi connectivity index (χ3v) is 3.44. The molecule has 1 aliphatic rings. The van der Waals surface area contributed by atoms with E-state index in [1.807, 2.05) is 60.7 Å². The highest BCUT2D eigenvalue weighted by atomic mass is 16.3. The second kappa shape index (κ2) is 5.66. The van der Waals surface area contributed by atoms with Crippen LogP contribution < -0.4 is 5.32 Å². The van der Waals surface area contributed by atoms with E-state index in [0.717, 1.165) is 23.2 Å². The number of benzene rings is 2. The van der Waals surface area contributed by atoms with Crippen LogP contribution in [0.15, 0.2) is 72.8 Å². The summed E-state index contributed by atoms with van der Waals surface area (Å²) in [6.45, 7) is 0. The first kappa shape index (κ1) is 12.5. The van der Waals surface area contributed by atoms with E-state index < -0.39 is 0 Å². The Morgan fingerprint density at radius 3 is 2.55 bits per heavy atom. The van der Waals surface area contributed by atoms with Crippen LogP contribution in [0.25, 0.3) is 11.1 Å². The van der Waals surface area contributed by atoms with Gasteiger partial charge in [-0.3, -0.25) is 0 Å². The molecule has 100 valence electrons. The van der Waals surface area contributed by atoms with Crippen LogP contribution in [0, 0.1) is 0 Å². The molecule has 3 rings (SSSR count). The molecule has 1 unspecified atom stereocenters. The third kappa shape index (κ3) is 2.59. The van der Waals surface area contributed by atoms with E-state index in [-0.39, 0.29) is 6.04 Å².